The van der Waals surface area contributed by atoms with Gasteiger partial charge in [-0.2, -0.15) is 0 Å². The Labute approximate surface area is 125 Å². The number of carboxylic acid groups (broad SMARTS) is 1. The summed E-state index contributed by atoms with van der Waals surface area (Å²) in [6.07, 6.45) is 0. The van der Waals surface area contributed by atoms with E-state index in [2.05, 4.69) is 0 Å². The third kappa shape index (κ3) is 2.71. The quantitative estimate of drug-likeness (QED) is 0.821. The number of hydrogen-bond acceptors (Lipinski definition) is 4. The second-order valence-corrected chi connectivity index (χ2v) is 6.59. The lowest BCUT2D eigenvalue weighted by Crippen LogP contribution is -2.41. The number of carbonyl (C=O) groups is 1. The van der Waals surface area contributed by atoms with Gasteiger partial charge in [-0.1, -0.05) is 24.3 Å². The van der Waals surface area contributed by atoms with Crippen LogP contribution in [0.3, 0.4) is 0 Å². The number of aliphatic carboxylic acids is 1. The maximum Gasteiger partial charge on any atom is 0.494 e. The second kappa shape index (κ2) is 4.83. The number of rotatable bonds is 3. The van der Waals surface area contributed by atoms with Crippen molar-refractivity contribution >= 4 is 18.6 Å². The molecule has 1 atom stereocenters. The lowest BCUT2D eigenvalue weighted by atomic mass is 9.78. The molecule has 1 heterocycles. The monoisotopic (exact) mass is 292 g/mol. The number of aliphatic hydroxyl groups is 1. The maximum atomic E-state index is 11.0. The number of hydrogen-bond donors (Lipinski definition) is 2. The van der Waals surface area contributed by atoms with E-state index in [1.807, 2.05) is 27.7 Å². The van der Waals surface area contributed by atoms with E-state index in [4.69, 9.17) is 14.4 Å². The van der Waals surface area contributed by atoms with Crippen LogP contribution in [0.1, 0.15) is 40.2 Å². The van der Waals surface area contributed by atoms with E-state index in [-0.39, 0.29) is 0 Å². The van der Waals surface area contributed by atoms with Crippen molar-refractivity contribution in [3.05, 3.63) is 29.8 Å². The van der Waals surface area contributed by atoms with Crippen LogP contribution < -0.4 is 5.46 Å². The maximum absolute atomic E-state index is 11.0. The second-order valence-electron chi connectivity index (χ2n) is 6.59. The van der Waals surface area contributed by atoms with Gasteiger partial charge in [-0.15, -0.1) is 0 Å². The molecule has 0 bridgehead atoms. The largest absolute Gasteiger partial charge is 0.494 e. The minimum absolute atomic E-state index is 0.315. The summed E-state index contributed by atoms with van der Waals surface area (Å²) in [7, 11) is -0.501. The molecule has 6 heteroatoms. The Morgan fingerprint density at radius 1 is 1.10 bits per heavy atom. The Morgan fingerprint density at radius 3 is 1.90 bits per heavy atom. The van der Waals surface area contributed by atoms with Gasteiger partial charge >= 0.3 is 13.1 Å². The van der Waals surface area contributed by atoms with Crippen molar-refractivity contribution in [2.75, 3.05) is 0 Å². The molecular weight excluding hydrogens is 271 g/mol. The third-order valence-electron chi connectivity index (χ3n) is 4.41. The zero-order valence-electron chi connectivity index (χ0n) is 13.0. The Balaban J connectivity index is 2.24. The van der Waals surface area contributed by atoms with Gasteiger partial charge in [0.15, 0.2) is 5.60 Å². The molecule has 0 aliphatic carbocycles. The van der Waals surface area contributed by atoms with Crippen LogP contribution in [0.25, 0.3) is 0 Å². The first-order valence-corrected chi connectivity index (χ1v) is 6.89. The highest BCUT2D eigenvalue weighted by molar-refractivity contribution is 6.62. The molecule has 21 heavy (non-hydrogen) atoms. The molecule has 2 rings (SSSR count). The first kappa shape index (κ1) is 16.0. The minimum atomic E-state index is -1.91. The van der Waals surface area contributed by atoms with Crippen molar-refractivity contribution in [1.29, 1.82) is 0 Å². The average molecular weight is 292 g/mol. The summed E-state index contributed by atoms with van der Waals surface area (Å²) in [6, 6.07) is 6.59. The fourth-order valence-electron chi connectivity index (χ4n) is 2.07. The SMILES string of the molecule is CC(O)(C(=O)O)c1ccc(B2OC(C)(C)C(C)(C)O2)cc1. The van der Waals surface area contributed by atoms with Gasteiger partial charge in [0.2, 0.25) is 0 Å². The Morgan fingerprint density at radius 2 is 1.52 bits per heavy atom. The van der Waals surface area contributed by atoms with Crippen molar-refractivity contribution in [3.63, 3.8) is 0 Å². The molecule has 1 fully saturated rings. The molecular formula is C15H21BO5. The van der Waals surface area contributed by atoms with Crippen molar-refractivity contribution < 1.29 is 24.3 Å². The lowest BCUT2D eigenvalue weighted by Gasteiger charge is -2.32. The molecule has 1 aromatic rings. The Kier molecular flexibility index (Phi) is 3.68. The minimum Gasteiger partial charge on any atom is -0.479 e. The van der Waals surface area contributed by atoms with Crippen molar-refractivity contribution in [2.24, 2.45) is 0 Å². The number of carboxylic acids is 1. The zero-order chi connectivity index (χ0) is 16.1. The molecule has 0 spiro atoms. The summed E-state index contributed by atoms with van der Waals surface area (Å²) in [5, 5.41) is 18.9. The average Bonchev–Trinajstić information content (AvgIpc) is 2.58. The van der Waals surface area contributed by atoms with Gasteiger partial charge in [-0.05, 0) is 45.6 Å². The van der Waals surface area contributed by atoms with Crippen LogP contribution in [0, 0.1) is 0 Å². The van der Waals surface area contributed by atoms with E-state index in [9.17, 15) is 9.90 Å². The van der Waals surface area contributed by atoms with Gasteiger partial charge in [-0.3, -0.25) is 0 Å². The van der Waals surface area contributed by atoms with Gasteiger partial charge in [0.1, 0.15) is 0 Å². The first-order valence-electron chi connectivity index (χ1n) is 6.89. The molecule has 1 unspecified atom stereocenters. The van der Waals surface area contributed by atoms with Crippen LogP contribution >= 0.6 is 0 Å². The zero-order valence-corrected chi connectivity index (χ0v) is 13.0. The van der Waals surface area contributed by atoms with Crippen LogP contribution in [0.2, 0.25) is 0 Å². The summed E-state index contributed by atoms with van der Waals surface area (Å²) in [5.74, 6) is -1.29. The lowest BCUT2D eigenvalue weighted by molar-refractivity contribution is -0.157. The van der Waals surface area contributed by atoms with Gasteiger partial charge in [0, 0.05) is 0 Å². The summed E-state index contributed by atoms with van der Waals surface area (Å²) in [6.45, 7) is 9.12. The molecule has 114 valence electrons. The summed E-state index contributed by atoms with van der Waals surface area (Å²) in [4.78, 5) is 11.0. The number of benzene rings is 1. The van der Waals surface area contributed by atoms with E-state index in [0.29, 0.717) is 5.56 Å². The highest BCUT2D eigenvalue weighted by Crippen LogP contribution is 2.36. The fourth-order valence-corrected chi connectivity index (χ4v) is 2.07. The predicted molar refractivity (Wildman–Crippen MR) is 79.4 cm³/mol. The van der Waals surface area contributed by atoms with Crippen LogP contribution in [-0.2, 0) is 19.7 Å². The molecule has 2 N–H and O–H groups in total. The molecule has 0 aromatic heterocycles. The highest BCUT2D eigenvalue weighted by Gasteiger charge is 2.51. The van der Waals surface area contributed by atoms with E-state index in [1.54, 1.807) is 24.3 Å². The normalized spacial score (nSPS) is 22.9. The van der Waals surface area contributed by atoms with Crippen molar-refractivity contribution in [3.8, 4) is 0 Å². The molecule has 1 aliphatic heterocycles. The topological polar surface area (TPSA) is 76.0 Å². The molecule has 0 saturated carbocycles. The molecule has 1 aromatic carbocycles. The molecule has 1 saturated heterocycles. The summed E-state index contributed by atoms with van der Waals surface area (Å²) >= 11 is 0. The first-order chi connectivity index (χ1) is 9.47. The van der Waals surface area contributed by atoms with Crippen molar-refractivity contribution in [1.82, 2.24) is 0 Å². The molecule has 1 aliphatic rings. The Hall–Kier alpha value is -1.37. The van der Waals surface area contributed by atoms with E-state index >= 15 is 0 Å². The highest BCUT2D eigenvalue weighted by atomic mass is 16.7. The van der Waals surface area contributed by atoms with Crippen LogP contribution in [-0.4, -0.2) is 34.5 Å². The predicted octanol–water partition coefficient (Wildman–Crippen LogP) is 1.28. The molecule has 5 nitrogen and oxygen atoms in total. The smallest absolute Gasteiger partial charge is 0.479 e. The van der Waals surface area contributed by atoms with Gasteiger partial charge in [-0.25, -0.2) is 4.79 Å². The summed E-state index contributed by atoms with van der Waals surface area (Å²) < 4.78 is 11.8. The van der Waals surface area contributed by atoms with Crippen LogP contribution in [0.4, 0.5) is 0 Å². The van der Waals surface area contributed by atoms with Crippen LogP contribution in [0.15, 0.2) is 24.3 Å². The van der Waals surface area contributed by atoms with E-state index in [1.165, 1.54) is 6.92 Å². The fraction of sp³-hybridized carbons (Fsp3) is 0.533. The third-order valence-corrected chi connectivity index (χ3v) is 4.41. The van der Waals surface area contributed by atoms with E-state index < -0.39 is 29.9 Å². The van der Waals surface area contributed by atoms with Crippen LogP contribution in [0.5, 0.6) is 0 Å². The molecule has 0 amide bonds. The van der Waals surface area contributed by atoms with Gasteiger partial charge in [0.05, 0.1) is 11.2 Å². The summed E-state index contributed by atoms with van der Waals surface area (Å²) in [5.41, 5.74) is -1.66. The van der Waals surface area contributed by atoms with Crippen molar-refractivity contribution in [2.45, 2.75) is 51.4 Å². The van der Waals surface area contributed by atoms with Gasteiger partial charge < -0.3 is 19.5 Å². The van der Waals surface area contributed by atoms with Gasteiger partial charge in [0.25, 0.3) is 0 Å². The van der Waals surface area contributed by atoms with E-state index in [0.717, 1.165) is 5.46 Å². The standard InChI is InChI=1S/C15H21BO5/c1-13(2)14(3,4)21-16(20-13)11-8-6-10(7-9-11)15(5,19)12(17)18/h6-9,19H,1-5H3,(H,17,18). The molecule has 0 radical (unpaired) electrons. The Bertz CT molecular complexity index is 532.